The van der Waals surface area contributed by atoms with E-state index in [9.17, 15) is 9.18 Å². The van der Waals surface area contributed by atoms with Gasteiger partial charge in [0.05, 0.1) is 42.4 Å². The number of imidazole rings is 1. The first-order chi connectivity index (χ1) is 17.5. The molecule has 6 rings (SSSR count). The molecule has 7 nitrogen and oxygen atoms in total. The number of aromatic nitrogens is 2. The highest BCUT2D eigenvalue weighted by atomic mass is 19.1. The largest absolute Gasteiger partial charge is 0.493 e. The summed E-state index contributed by atoms with van der Waals surface area (Å²) in [5, 5.41) is 12.8. The molecule has 184 valence electrons. The van der Waals surface area contributed by atoms with Crippen molar-refractivity contribution in [3.63, 3.8) is 0 Å². The van der Waals surface area contributed by atoms with Gasteiger partial charge in [-0.2, -0.15) is 4.98 Å². The maximum absolute atomic E-state index is 14.2. The Bertz CT molecular complexity index is 1480. The second kappa shape index (κ2) is 8.86. The highest BCUT2D eigenvalue weighted by Gasteiger charge is 2.29. The molecule has 8 heteroatoms. The zero-order valence-electron chi connectivity index (χ0n) is 19.8. The number of ether oxygens (including phenoxy) is 2. The minimum absolute atomic E-state index is 0.0646. The molecule has 0 bridgehead atoms. The normalized spacial score (nSPS) is 18.1. The van der Waals surface area contributed by atoms with Crippen LogP contribution in [0, 0.1) is 5.82 Å². The van der Waals surface area contributed by atoms with Crippen LogP contribution in [0.25, 0.3) is 16.7 Å². The summed E-state index contributed by atoms with van der Waals surface area (Å²) >= 11 is 0. The Hall–Kier alpha value is -4.07. The van der Waals surface area contributed by atoms with Crippen molar-refractivity contribution in [1.29, 1.82) is 0 Å². The van der Waals surface area contributed by atoms with Gasteiger partial charge in [-0.3, -0.25) is 9.36 Å². The Morgan fingerprint density at radius 2 is 2.11 bits per heavy atom. The maximum Gasteiger partial charge on any atom is 0.304 e. The van der Waals surface area contributed by atoms with E-state index in [0.717, 1.165) is 35.5 Å². The van der Waals surface area contributed by atoms with Gasteiger partial charge >= 0.3 is 12.0 Å². The molecular weight excluding hydrogens is 461 g/mol. The summed E-state index contributed by atoms with van der Waals surface area (Å²) in [5.41, 5.74) is 6.54. The van der Waals surface area contributed by atoms with Crippen molar-refractivity contribution in [3.8, 4) is 17.4 Å². The quantitative estimate of drug-likeness (QED) is 0.352. The summed E-state index contributed by atoms with van der Waals surface area (Å²) in [5.74, 6) is -0.511. The number of carbonyl (C=O) groups is 1. The second-order valence-corrected chi connectivity index (χ2v) is 9.23. The summed E-state index contributed by atoms with van der Waals surface area (Å²) in [6.07, 6.45) is 1.82. The number of rotatable bonds is 7. The summed E-state index contributed by atoms with van der Waals surface area (Å²) in [6.45, 7) is 2.75. The van der Waals surface area contributed by atoms with Crippen molar-refractivity contribution in [2.24, 2.45) is 0 Å². The van der Waals surface area contributed by atoms with Gasteiger partial charge in [0.25, 0.3) is 0 Å². The number of halogens is 1. The highest BCUT2D eigenvalue weighted by molar-refractivity contribution is 5.80. The molecule has 4 aromatic rings. The van der Waals surface area contributed by atoms with E-state index in [0.29, 0.717) is 30.3 Å². The van der Waals surface area contributed by atoms with Crippen LogP contribution >= 0.6 is 0 Å². The van der Waals surface area contributed by atoms with Gasteiger partial charge in [0.15, 0.2) is 0 Å². The molecule has 3 aromatic carbocycles. The molecule has 0 amide bonds. The van der Waals surface area contributed by atoms with Crippen LogP contribution in [0.5, 0.6) is 11.8 Å². The molecule has 2 heterocycles. The van der Waals surface area contributed by atoms with Gasteiger partial charge < -0.3 is 19.9 Å². The Labute approximate surface area is 207 Å². The van der Waals surface area contributed by atoms with Crippen LogP contribution < -0.4 is 14.8 Å². The lowest BCUT2D eigenvalue weighted by molar-refractivity contribution is -0.137. The van der Waals surface area contributed by atoms with E-state index in [1.807, 2.05) is 41.8 Å². The Balaban J connectivity index is 1.33. The van der Waals surface area contributed by atoms with E-state index in [4.69, 9.17) is 14.6 Å². The number of benzene rings is 3. The average Bonchev–Trinajstić information content (AvgIpc) is 3.54. The lowest BCUT2D eigenvalue weighted by atomic mass is 9.97. The van der Waals surface area contributed by atoms with E-state index < -0.39 is 5.97 Å². The Morgan fingerprint density at radius 3 is 2.94 bits per heavy atom. The highest BCUT2D eigenvalue weighted by Crippen LogP contribution is 2.42. The lowest BCUT2D eigenvalue weighted by Crippen LogP contribution is -2.08. The lowest BCUT2D eigenvalue weighted by Gasteiger charge is -2.18. The molecule has 0 saturated carbocycles. The van der Waals surface area contributed by atoms with Gasteiger partial charge in [0.1, 0.15) is 11.6 Å². The number of nitrogens with one attached hydrogen (secondary N) is 1. The SMILES string of the molecule is CCOc1nc2ccc(F)cc2n1-c1cccc2c1CCC2Nc1ccc2c(c1)OC[C@H]2CC(=O)O. The topological polar surface area (TPSA) is 85.6 Å². The third-order valence-corrected chi connectivity index (χ3v) is 7.00. The third kappa shape index (κ3) is 3.82. The van der Waals surface area contributed by atoms with E-state index in [2.05, 4.69) is 16.4 Å². The molecule has 36 heavy (non-hydrogen) atoms. The van der Waals surface area contributed by atoms with Crippen molar-refractivity contribution < 1.29 is 23.8 Å². The van der Waals surface area contributed by atoms with Crippen LogP contribution in [-0.2, 0) is 11.2 Å². The monoisotopic (exact) mass is 487 g/mol. The smallest absolute Gasteiger partial charge is 0.304 e. The van der Waals surface area contributed by atoms with Crippen LogP contribution in [0.4, 0.5) is 10.1 Å². The molecule has 1 unspecified atom stereocenters. The zero-order valence-corrected chi connectivity index (χ0v) is 19.8. The predicted octanol–water partition coefficient (Wildman–Crippen LogP) is 5.61. The molecule has 0 spiro atoms. The number of hydrogen-bond donors (Lipinski definition) is 2. The third-order valence-electron chi connectivity index (χ3n) is 7.00. The predicted molar refractivity (Wildman–Crippen MR) is 134 cm³/mol. The number of fused-ring (bicyclic) bond motifs is 3. The Morgan fingerprint density at radius 1 is 1.22 bits per heavy atom. The van der Waals surface area contributed by atoms with Crippen LogP contribution in [0.15, 0.2) is 54.6 Å². The summed E-state index contributed by atoms with van der Waals surface area (Å²) < 4.78 is 27.7. The fourth-order valence-electron chi connectivity index (χ4n) is 5.43. The van der Waals surface area contributed by atoms with Gasteiger partial charge in [-0.05, 0) is 55.2 Å². The van der Waals surface area contributed by atoms with E-state index in [-0.39, 0.29) is 24.2 Å². The van der Waals surface area contributed by atoms with Crippen molar-refractivity contribution in [2.45, 2.75) is 38.1 Å². The molecule has 1 aromatic heterocycles. The van der Waals surface area contributed by atoms with Crippen LogP contribution in [-0.4, -0.2) is 33.8 Å². The van der Waals surface area contributed by atoms with Gasteiger partial charge in [0.2, 0.25) is 0 Å². The standard InChI is InChI=1S/C28H26FN3O4/c1-2-35-28-31-23-10-6-17(29)13-25(23)32(28)24-5-3-4-20-21(24)9-11-22(20)30-18-7-8-19-16(12-27(33)34)15-36-26(19)14-18/h3-8,10,13-14,16,22,30H,2,9,11-12,15H2,1H3,(H,33,34)/t16-,22?/m1/s1. The molecule has 0 fully saturated rings. The van der Waals surface area contributed by atoms with Crippen molar-refractivity contribution in [3.05, 3.63) is 77.1 Å². The summed E-state index contributed by atoms with van der Waals surface area (Å²) in [4.78, 5) is 15.7. The zero-order chi connectivity index (χ0) is 24.8. The number of anilines is 1. The van der Waals surface area contributed by atoms with Gasteiger partial charge in [-0.25, -0.2) is 4.39 Å². The van der Waals surface area contributed by atoms with Gasteiger partial charge in [0, 0.05) is 29.3 Å². The van der Waals surface area contributed by atoms with Crippen molar-refractivity contribution in [2.75, 3.05) is 18.5 Å². The van der Waals surface area contributed by atoms with Crippen molar-refractivity contribution in [1.82, 2.24) is 9.55 Å². The van der Waals surface area contributed by atoms with Gasteiger partial charge in [-0.15, -0.1) is 0 Å². The molecule has 1 aliphatic carbocycles. The second-order valence-electron chi connectivity index (χ2n) is 9.23. The van der Waals surface area contributed by atoms with Crippen LogP contribution in [0.2, 0.25) is 0 Å². The van der Waals surface area contributed by atoms with E-state index >= 15 is 0 Å². The van der Waals surface area contributed by atoms with Crippen molar-refractivity contribution >= 4 is 22.7 Å². The fraction of sp³-hybridized carbons (Fsp3) is 0.286. The molecule has 0 radical (unpaired) electrons. The molecule has 0 saturated heterocycles. The minimum atomic E-state index is -0.821. The Kier molecular flexibility index (Phi) is 5.51. The van der Waals surface area contributed by atoms with Crippen LogP contribution in [0.3, 0.4) is 0 Å². The summed E-state index contributed by atoms with van der Waals surface area (Å²) in [7, 11) is 0. The molecule has 1 aliphatic heterocycles. The maximum atomic E-state index is 14.2. The van der Waals surface area contributed by atoms with Gasteiger partial charge in [-0.1, -0.05) is 18.2 Å². The first kappa shape index (κ1) is 22.4. The molecular formula is C28H26FN3O4. The molecule has 2 N–H and O–H groups in total. The van der Waals surface area contributed by atoms with E-state index in [1.54, 1.807) is 6.07 Å². The minimum Gasteiger partial charge on any atom is -0.493 e. The number of nitrogens with zero attached hydrogens (tertiary/aromatic N) is 2. The number of carboxylic acids is 1. The van der Waals surface area contributed by atoms with E-state index in [1.165, 1.54) is 23.3 Å². The first-order valence-electron chi connectivity index (χ1n) is 12.2. The average molecular weight is 488 g/mol. The number of aliphatic carboxylic acids is 1. The molecule has 2 atom stereocenters. The number of carboxylic acid groups (broad SMARTS) is 1. The first-order valence-corrected chi connectivity index (χ1v) is 12.2. The van der Waals surface area contributed by atoms with Crippen LogP contribution in [0.1, 0.15) is 48.4 Å². The number of hydrogen-bond acceptors (Lipinski definition) is 5. The molecule has 2 aliphatic rings. The summed E-state index contributed by atoms with van der Waals surface area (Å²) in [6, 6.07) is 17.2. The fourth-order valence-corrected chi connectivity index (χ4v) is 5.43.